The average molecular weight is 602 g/mol. The molecule has 6 bridgehead atoms. The molecule has 1 amide bonds. The number of anilines is 1. The Labute approximate surface area is 232 Å². The van der Waals surface area contributed by atoms with E-state index in [0.717, 1.165) is 6.07 Å². The second-order valence-electron chi connectivity index (χ2n) is 10.2. The summed E-state index contributed by atoms with van der Waals surface area (Å²) >= 11 is 0. The van der Waals surface area contributed by atoms with E-state index < -0.39 is 87.7 Å². The zero-order valence-corrected chi connectivity index (χ0v) is 22.0. The molecule has 0 radical (unpaired) electrons. The molecule has 16 heteroatoms. The number of alkyl halides is 6. The van der Waals surface area contributed by atoms with E-state index in [2.05, 4.69) is 21.8 Å². The third-order valence-corrected chi connectivity index (χ3v) is 5.99. The molecule has 3 aromatic rings. The molecule has 1 aromatic carbocycles. The lowest BCUT2D eigenvalue weighted by Crippen LogP contribution is -2.44. The number of aliphatic hydroxyl groups is 1. The summed E-state index contributed by atoms with van der Waals surface area (Å²) in [6.07, 6.45) is -13.2. The fourth-order valence-electron chi connectivity index (χ4n) is 4.02. The number of carbonyl (C=O) groups excluding carboxylic acids is 2. The van der Waals surface area contributed by atoms with Gasteiger partial charge in [-0.3, -0.25) is 10.1 Å². The normalized spacial score (nSPS) is 18.0. The molecular weight excluding hydrogens is 581 g/mol. The largest absolute Gasteiger partial charge is 0.444 e. The molecule has 1 unspecified atom stereocenters. The number of Topliss-reactive ketones (excluding diaryl/α,β-unsaturated/α-hetero) is 1. The predicted octanol–water partition coefficient (Wildman–Crippen LogP) is 6.42. The highest BCUT2D eigenvalue weighted by atomic mass is 19.4. The van der Waals surface area contributed by atoms with Crippen LogP contribution in [-0.2, 0) is 16.5 Å². The summed E-state index contributed by atoms with van der Waals surface area (Å²) in [6, 6.07) is 2.54. The molecule has 1 aliphatic rings. The second kappa shape index (κ2) is 10.2. The van der Waals surface area contributed by atoms with E-state index in [4.69, 9.17) is 9.15 Å². The first kappa shape index (κ1) is 30.6. The van der Waals surface area contributed by atoms with Gasteiger partial charge in [-0.15, -0.1) is 10.2 Å². The molecule has 0 fully saturated rings. The maximum Gasteiger partial charge on any atom is 0.430 e. The number of benzene rings is 1. The van der Waals surface area contributed by atoms with Crippen molar-refractivity contribution in [3.05, 3.63) is 64.9 Å². The highest BCUT2D eigenvalue weighted by Crippen LogP contribution is 2.46. The molecule has 0 spiro atoms. The van der Waals surface area contributed by atoms with Crippen LogP contribution in [0.25, 0.3) is 17.2 Å². The summed E-state index contributed by atoms with van der Waals surface area (Å²) in [4.78, 5) is 29.1. The summed E-state index contributed by atoms with van der Waals surface area (Å²) in [5, 5.41) is 19.5. The molecule has 9 nitrogen and oxygen atoms in total. The first-order valence-corrected chi connectivity index (χ1v) is 12.0. The van der Waals surface area contributed by atoms with Crippen LogP contribution in [-0.4, -0.2) is 43.9 Å². The third-order valence-electron chi connectivity index (χ3n) is 5.99. The maximum atomic E-state index is 14.8. The van der Waals surface area contributed by atoms with E-state index in [1.54, 1.807) is 0 Å². The molecule has 42 heavy (non-hydrogen) atoms. The van der Waals surface area contributed by atoms with Crippen molar-refractivity contribution in [3.63, 3.8) is 0 Å². The van der Waals surface area contributed by atoms with Gasteiger partial charge in [-0.05, 0) is 56.5 Å². The van der Waals surface area contributed by atoms with Crippen molar-refractivity contribution in [2.24, 2.45) is 0 Å². The van der Waals surface area contributed by atoms with Crippen molar-refractivity contribution in [1.29, 1.82) is 0 Å². The second-order valence-corrected chi connectivity index (χ2v) is 10.2. The van der Waals surface area contributed by atoms with Crippen LogP contribution >= 0.6 is 0 Å². The number of ketones is 1. The molecule has 1 atom stereocenters. The summed E-state index contributed by atoms with van der Waals surface area (Å²) in [6.45, 7) is 7.97. The number of halogens is 7. The fourth-order valence-corrected chi connectivity index (χ4v) is 4.02. The topological polar surface area (TPSA) is 127 Å². The molecule has 224 valence electrons. The first-order chi connectivity index (χ1) is 19.2. The molecular formula is C26H21F7N4O5. The van der Waals surface area contributed by atoms with E-state index in [1.165, 1.54) is 20.8 Å². The quantitative estimate of drug-likeness (QED) is 0.306. The Kier molecular flexibility index (Phi) is 7.42. The molecule has 1 aliphatic heterocycles. The van der Waals surface area contributed by atoms with Crippen LogP contribution in [0.3, 0.4) is 0 Å². The van der Waals surface area contributed by atoms with Gasteiger partial charge in [-0.2, -0.15) is 26.3 Å². The monoisotopic (exact) mass is 602 g/mol. The number of carbonyl (C=O) groups is 2. The zero-order chi connectivity index (χ0) is 31.4. The molecule has 0 aliphatic carbocycles. The number of amides is 1. The standard InChI is InChI=1S/C26H21F7N4O5/c1-11-5-8-17(38)18-14(25(28,29)30)10-16(34-22(39)42-23(2,3)4)19(35-18)20-36-37-21(41-20)24(40,26(31,32)33)13-9-12(11)6-7-15(13)27/h6-7,9-10,40H,1,5,8H2,2-4H3,(H,34,39). The molecule has 3 heterocycles. The lowest BCUT2D eigenvalue weighted by Gasteiger charge is -2.28. The van der Waals surface area contributed by atoms with Crippen LogP contribution in [0, 0.1) is 5.82 Å². The van der Waals surface area contributed by atoms with Crippen molar-refractivity contribution in [2.45, 2.75) is 57.2 Å². The summed E-state index contributed by atoms with van der Waals surface area (Å²) in [7, 11) is 0. The van der Waals surface area contributed by atoms with E-state index in [0.29, 0.717) is 18.2 Å². The number of ether oxygens (including phenoxy) is 1. The highest BCUT2D eigenvalue weighted by Gasteiger charge is 2.62. The number of fused-ring (bicyclic) bond motifs is 7. The van der Waals surface area contributed by atoms with Crippen LogP contribution in [0.15, 0.2) is 35.3 Å². The van der Waals surface area contributed by atoms with Gasteiger partial charge in [0.25, 0.3) is 17.4 Å². The molecule has 0 saturated heterocycles. The van der Waals surface area contributed by atoms with Gasteiger partial charge in [0, 0.05) is 12.0 Å². The van der Waals surface area contributed by atoms with Gasteiger partial charge < -0.3 is 14.3 Å². The number of rotatable bonds is 1. The van der Waals surface area contributed by atoms with Crippen molar-refractivity contribution in [1.82, 2.24) is 15.2 Å². The SMILES string of the molecule is C=C1CCC(=O)c2nc(c(NC(=O)OC(C)(C)C)cc2C(F)(F)F)-c2nnc(o2)C(O)(C(F)(F)F)c2cc1ccc2F. The van der Waals surface area contributed by atoms with Gasteiger partial charge in [0.2, 0.25) is 0 Å². The highest BCUT2D eigenvalue weighted by molar-refractivity contribution is 5.99. The summed E-state index contributed by atoms with van der Waals surface area (Å²) in [5.41, 5.74) is -11.4. The Bertz CT molecular complexity index is 1590. The Morgan fingerprint density at radius 1 is 1.07 bits per heavy atom. The predicted molar refractivity (Wildman–Crippen MR) is 130 cm³/mol. The number of allylic oxidation sites excluding steroid dienone is 1. The summed E-state index contributed by atoms with van der Waals surface area (Å²) in [5.74, 6) is -5.34. The zero-order valence-electron chi connectivity index (χ0n) is 22.0. The van der Waals surface area contributed by atoms with E-state index in [9.17, 15) is 45.4 Å². The van der Waals surface area contributed by atoms with Crippen molar-refractivity contribution in [2.75, 3.05) is 5.32 Å². The number of pyridine rings is 1. The van der Waals surface area contributed by atoms with Gasteiger partial charge in [0.15, 0.2) is 11.5 Å². The summed E-state index contributed by atoms with van der Waals surface area (Å²) < 4.78 is 110. The van der Waals surface area contributed by atoms with Gasteiger partial charge in [-0.1, -0.05) is 12.6 Å². The number of nitrogens with one attached hydrogen (secondary N) is 1. The lowest BCUT2D eigenvalue weighted by atomic mass is 9.88. The Morgan fingerprint density at radius 3 is 2.33 bits per heavy atom. The van der Waals surface area contributed by atoms with E-state index in [1.807, 2.05) is 5.32 Å². The maximum absolute atomic E-state index is 14.8. The number of nitrogens with zero attached hydrogens (tertiary/aromatic N) is 3. The Morgan fingerprint density at radius 2 is 1.74 bits per heavy atom. The smallest absolute Gasteiger partial charge is 0.430 e. The van der Waals surface area contributed by atoms with Gasteiger partial charge in [-0.25, -0.2) is 14.2 Å². The fraction of sp³-hybridized carbons (Fsp3) is 0.346. The number of aromatic nitrogens is 3. The van der Waals surface area contributed by atoms with Crippen molar-refractivity contribution in [3.8, 4) is 11.6 Å². The van der Waals surface area contributed by atoms with E-state index >= 15 is 0 Å². The molecule has 2 N–H and O–H groups in total. The minimum Gasteiger partial charge on any atom is -0.444 e. The lowest BCUT2D eigenvalue weighted by molar-refractivity contribution is -0.256. The molecule has 4 rings (SSSR count). The first-order valence-electron chi connectivity index (χ1n) is 12.0. The molecule has 0 saturated carbocycles. The van der Waals surface area contributed by atoms with Crippen LogP contribution in [0.1, 0.15) is 66.7 Å². The number of hydrogen-bond donors (Lipinski definition) is 2. The van der Waals surface area contributed by atoms with Crippen LogP contribution < -0.4 is 5.32 Å². The molecule has 2 aromatic heterocycles. The number of hydrogen-bond acceptors (Lipinski definition) is 8. The van der Waals surface area contributed by atoms with Crippen LogP contribution in [0.5, 0.6) is 0 Å². The minimum absolute atomic E-state index is 0.0607. The van der Waals surface area contributed by atoms with Crippen LogP contribution in [0.2, 0.25) is 0 Å². The van der Waals surface area contributed by atoms with Crippen molar-refractivity contribution >= 4 is 23.1 Å². The van der Waals surface area contributed by atoms with Gasteiger partial charge in [0.05, 0.1) is 11.3 Å². The Balaban J connectivity index is 2.04. The Hall–Kier alpha value is -4.34. The van der Waals surface area contributed by atoms with Crippen molar-refractivity contribution < 1.29 is 54.6 Å². The van der Waals surface area contributed by atoms with Gasteiger partial charge in [0.1, 0.15) is 17.1 Å². The third kappa shape index (κ3) is 5.70. The minimum atomic E-state index is -5.67. The van der Waals surface area contributed by atoms with E-state index in [-0.39, 0.29) is 17.6 Å². The van der Waals surface area contributed by atoms with Crippen LogP contribution in [0.4, 0.5) is 41.2 Å². The average Bonchev–Trinajstić information content (AvgIpc) is 3.34. The van der Waals surface area contributed by atoms with Gasteiger partial charge >= 0.3 is 18.4 Å².